The Labute approximate surface area is 114 Å². The molecule has 0 aromatic carbocycles. The number of methoxy groups -OCH3 is 1. The first-order valence-corrected chi connectivity index (χ1v) is 7.00. The van der Waals surface area contributed by atoms with Crippen molar-refractivity contribution in [2.24, 2.45) is 5.41 Å². The van der Waals surface area contributed by atoms with Crippen molar-refractivity contribution >= 4 is 0 Å². The molecule has 0 saturated heterocycles. The molecule has 1 N–H and O–H groups in total. The van der Waals surface area contributed by atoms with Gasteiger partial charge in [0.05, 0.1) is 0 Å². The molecule has 2 rings (SSSR count). The maximum Gasteiger partial charge on any atom is 0.226 e. The third kappa shape index (κ3) is 3.15. The van der Waals surface area contributed by atoms with Gasteiger partial charge in [-0.1, -0.05) is 19.0 Å². The summed E-state index contributed by atoms with van der Waals surface area (Å²) in [5.41, 5.74) is -0.0258. The van der Waals surface area contributed by atoms with Crippen LogP contribution < -0.4 is 0 Å². The second kappa shape index (κ2) is 5.59. The van der Waals surface area contributed by atoms with Gasteiger partial charge in [-0.25, -0.2) is 0 Å². The minimum atomic E-state index is -0.392. The van der Waals surface area contributed by atoms with Gasteiger partial charge in [0.25, 0.3) is 0 Å². The van der Waals surface area contributed by atoms with Crippen LogP contribution in [0.15, 0.2) is 4.52 Å². The quantitative estimate of drug-likeness (QED) is 0.888. The molecule has 5 heteroatoms. The van der Waals surface area contributed by atoms with Crippen LogP contribution in [-0.2, 0) is 16.8 Å². The van der Waals surface area contributed by atoms with E-state index >= 15 is 0 Å². The topological polar surface area (TPSA) is 68.4 Å². The first kappa shape index (κ1) is 14.5. The molecule has 19 heavy (non-hydrogen) atoms. The van der Waals surface area contributed by atoms with E-state index in [1.165, 1.54) is 0 Å². The molecule has 5 nitrogen and oxygen atoms in total. The molecule has 0 radical (unpaired) electrons. The van der Waals surface area contributed by atoms with Crippen LogP contribution in [0.2, 0.25) is 0 Å². The van der Waals surface area contributed by atoms with E-state index in [0.29, 0.717) is 30.0 Å². The van der Waals surface area contributed by atoms with E-state index in [4.69, 9.17) is 14.4 Å². The zero-order valence-corrected chi connectivity index (χ0v) is 12.1. The smallest absolute Gasteiger partial charge is 0.226 e. The predicted octanol–water partition coefficient (Wildman–Crippen LogP) is 2.44. The predicted molar refractivity (Wildman–Crippen MR) is 70.6 cm³/mol. The van der Waals surface area contributed by atoms with Gasteiger partial charge in [-0.2, -0.15) is 4.98 Å². The molecule has 1 aromatic rings. The third-order valence-electron chi connectivity index (χ3n) is 4.23. The van der Waals surface area contributed by atoms with E-state index in [-0.39, 0.29) is 6.61 Å². The Morgan fingerprint density at radius 1 is 1.26 bits per heavy atom. The van der Waals surface area contributed by atoms with Gasteiger partial charge in [0, 0.05) is 20.1 Å². The van der Waals surface area contributed by atoms with Crippen LogP contribution >= 0.6 is 0 Å². The van der Waals surface area contributed by atoms with Crippen molar-refractivity contribution in [3.63, 3.8) is 0 Å². The summed E-state index contributed by atoms with van der Waals surface area (Å²) in [6.07, 6.45) is 5.32. The summed E-state index contributed by atoms with van der Waals surface area (Å²) in [5.74, 6) is 1.25. The molecule has 0 aliphatic heterocycles. The number of nitrogens with zero attached hydrogens (tertiary/aromatic N) is 2. The van der Waals surface area contributed by atoms with Crippen LogP contribution in [0.1, 0.15) is 57.7 Å². The molecule has 1 aliphatic rings. The monoisotopic (exact) mass is 268 g/mol. The molecule has 1 aromatic heterocycles. The third-order valence-corrected chi connectivity index (χ3v) is 4.23. The maximum atomic E-state index is 8.82. The van der Waals surface area contributed by atoms with Crippen molar-refractivity contribution in [1.29, 1.82) is 0 Å². The van der Waals surface area contributed by atoms with Gasteiger partial charge in [-0.15, -0.1) is 0 Å². The number of aliphatic hydroxyl groups excluding tert-OH is 1. The number of hydrogen-bond acceptors (Lipinski definition) is 5. The van der Waals surface area contributed by atoms with Crippen molar-refractivity contribution in [2.75, 3.05) is 13.7 Å². The lowest BCUT2D eigenvalue weighted by molar-refractivity contribution is -0.0740. The fourth-order valence-electron chi connectivity index (χ4n) is 2.62. The van der Waals surface area contributed by atoms with Crippen molar-refractivity contribution in [3.05, 3.63) is 11.7 Å². The lowest BCUT2D eigenvalue weighted by Crippen LogP contribution is -2.37. The molecule has 1 aliphatic carbocycles. The maximum absolute atomic E-state index is 8.82. The Hall–Kier alpha value is -0.940. The first-order valence-electron chi connectivity index (χ1n) is 7.00. The number of aliphatic hydroxyl groups is 1. The molecule has 0 atom stereocenters. The van der Waals surface area contributed by atoms with E-state index in [9.17, 15) is 0 Å². The zero-order valence-electron chi connectivity index (χ0n) is 12.1. The zero-order chi connectivity index (χ0) is 13.9. The van der Waals surface area contributed by atoms with E-state index in [2.05, 4.69) is 24.0 Å². The average Bonchev–Trinajstić information content (AvgIpc) is 2.86. The van der Waals surface area contributed by atoms with Crippen LogP contribution in [0.5, 0.6) is 0 Å². The van der Waals surface area contributed by atoms with Crippen molar-refractivity contribution in [2.45, 2.75) is 58.0 Å². The molecule has 1 fully saturated rings. The summed E-state index contributed by atoms with van der Waals surface area (Å²) < 4.78 is 11.0. The summed E-state index contributed by atoms with van der Waals surface area (Å²) in [4.78, 5) is 4.45. The van der Waals surface area contributed by atoms with Gasteiger partial charge in [0.2, 0.25) is 11.7 Å². The molecule has 0 bridgehead atoms. The van der Waals surface area contributed by atoms with E-state index in [0.717, 1.165) is 25.7 Å². The van der Waals surface area contributed by atoms with Gasteiger partial charge < -0.3 is 14.4 Å². The highest BCUT2D eigenvalue weighted by molar-refractivity contribution is 5.05. The molecule has 0 unspecified atom stereocenters. The molecular formula is C14H24N2O3. The SMILES string of the molecule is COC1(c2noc(CCCO)n2)CCC(C)(C)CC1. The fourth-order valence-corrected chi connectivity index (χ4v) is 2.62. The highest BCUT2D eigenvalue weighted by Crippen LogP contribution is 2.46. The average molecular weight is 268 g/mol. The van der Waals surface area contributed by atoms with E-state index < -0.39 is 5.60 Å². The number of aryl methyl sites for hydroxylation is 1. The number of hydrogen-bond donors (Lipinski definition) is 1. The Morgan fingerprint density at radius 3 is 2.53 bits per heavy atom. The van der Waals surface area contributed by atoms with Gasteiger partial charge in [-0.05, 0) is 37.5 Å². The van der Waals surface area contributed by atoms with Crippen LogP contribution in [0.25, 0.3) is 0 Å². The molecule has 1 heterocycles. The minimum Gasteiger partial charge on any atom is -0.396 e. The normalized spacial score (nSPS) is 21.5. The van der Waals surface area contributed by atoms with Crippen LogP contribution in [0, 0.1) is 5.41 Å². The van der Waals surface area contributed by atoms with E-state index in [1.807, 2.05) is 0 Å². The van der Waals surface area contributed by atoms with Gasteiger partial charge >= 0.3 is 0 Å². The van der Waals surface area contributed by atoms with Crippen molar-refractivity contribution in [1.82, 2.24) is 10.1 Å². The Kier molecular flexibility index (Phi) is 4.26. The van der Waals surface area contributed by atoms with Crippen LogP contribution in [-0.4, -0.2) is 29.0 Å². The second-order valence-corrected chi connectivity index (χ2v) is 6.20. The second-order valence-electron chi connectivity index (χ2n) is 6.20. The van der Waals surface area contributed by atoms with Crippen LogP contribution in [0.4, 0.5) is 0 Å². The molecule has 108 valence electrons. The van der Waals surface area contributed by atoms with Gasteiger partial charge in [0.1, 0.15) is 5.60 Å². The highest BCUT2D eigenvalue weighted by atomic mass is 16.5. The molecular weight excluding hydrogens is 244 g/mol. The standard InChI is InChI=1S/C14H24N2O3/c1-13(2)6-8-14(18-3,9-7-13)12-15-11(19-16-12)5-4-10-17/h17H,4-10H2,1-3H3. The number of aromatic nitrogens is 2. The minimum absolute atomic E-state index is 0.140. The van der Waals surface area contributed by atoms with Gasteiger partial charge in [0.15, 0.2) is 0 Å². The Morgan fingerprint density at radius 2 is 1.95 bits per heavy atom. The first-order chi connectivity index (χ1) is 9.01. The molecule has 0 amide bonds. The Bertz CT molecular complexity index is 405. The summed E-state index contributed by atoms with van der Waals surface area (Å²) in [6, 6.07) is 0. The van der Waals surface area contributed by atoms with Gasteiger partial charge in [-0.3, -0.25) is 0 Å². The summed E-state index contributed by atoms with van der Waals surface area (Å²) in [6.45, 7) is 4.71. The lowest BCUT2D eigenvalue weighted by atomic mass is 9.70. The summed E-state index contributed by atoms with van der Waals surface area (Å²) >= 11 is 0. The molecule has 0 spiro atoms. The van der Waals surface area contributed by atoms with Crippen molar-refractivity contribution in [3.8, 4) is 0 Å². The van der Waals surface area contributed by atoms with Crippen molar-refractivity contribution < 1.29 is 14.4 Å². The summed E-state index contributed by atoms with van der Waals surface area (Å²) in [5, 5.41) is 12.9. The fraction of sp³-hybridized carbons (Fsp3) is 0.857. The number of ether oxygens (including phenoxy) is 1. The Balaban J connectivity index is 2.11. The van der Waals surface area contributed by atoms with E-state index in [1.54, 1.807) is 7.11 Å². The van der Waals surface area contributed by atoms with Crippen LogP contribution in [0.3, 0.4) is 0 Å². The largest absolute Gasteiger partial charge is 0.396 e. The molecule has 1 saturated carbocycles. The lowest BCUT2D eigenvalue weighted by Gasteiger charge is -2.40. The highest BCUT2D eigenvalue weighted by Gasteiger charge is 2.43. The summed E-state index contributed by atoms with van der Waals surface area (Å²) in [7, 11) is 1.72. The number of rotatable bonds is 5.